The molecule has 166 valence electrons. The Morgan fingerprint density at radius 3 is 2.39 bits per heavy atom. The number of fused-ring (bicyclic) bond motifs is 1. The van der Waals surface area contributed by atoms with Crippen molar-refractivity contribution in [2.24, 2.45) is 0 Å². The summed E-state index contributed by atoms with van der Waals surface area (Å²) in [6, 6.07) is 13.2. The number of benzene rings is 2. The van der Waals surface area contributed by atoms with Crippen molar-refractivity contribution < 1.29 is 13.2 Å². The summed E-state index contributed by atoms with van der Waals surface area (Å²) in [7, 11) is -3.62. The molecule has 2 aliphatic rings. The Labute approximate surface area is 185 Å². The van der Waals surface area contributed by atoms with Crippen molar-refractivity contribution in [1.29, 1.82) is 0 Å². The van der Waals surface area contributed by atoms with Crippen LogP contribution in [0.15, 0.2) is 47.4 Å². The molecule has 1 fully saturated rings. The second kappa shape index (κ2) is 9.51. The maximum atomic E-state index is 12.8. The van der Waals surface area contributed by atoms with Gasteiger partial charge in [0.1, 0.15) is 0 Å². The number of sulfonamides is 1. The van der Waals surface area contributed by atoms with E-state index >= 15 is 0 Å². The largest absolute Gasteiger partial charge is 0.312 e. The summed E-state index contributed by atoms with van der Waals surface area (Å²) in [6.45, 7) is 5.98. The van der Waals surface area contributed by atoms with Crippen LogP contribution in [0.4, 0.5) is 5.69 Å². The quantitative estimate of drug-likeness (QED) is 0.715. The Balaban J connectivity index is 1.37. The van der Waals surface area contributed by atoms with Crippen LogP contribution >= 0.6 is 0 Å². The molecule has 0 bridgehead atoms. The first kappa shape index (κ1) is 22.0. The summed E-state index contributed by atoms with van der Waals surface area (Å²) in [5.41, 5.74) is 3.94. The molecule has 2 aromatic rings. The molecule has 0 aliphatic carbocycles. The van der Waals surface area contributed by atoms with Gasteiger partial charge in [0, 0.05) is 31.7 Å². The molecule has 0 radical (unpaired) electrons. The van der Waals surface area contributed by atoms with Gasteiger partial charge in [-0.1, -0.05) is 37.6 Å². The van der Waals surface area contributed by atoms with E-state index in [0.29, 0.717) is 19.4 Å². The van der Waals surface area contributed by atoms with E-state index in [9.17, 15) is 13.2 Å². The molecular formula is C24H31N3O3S. The molecule has 2 aliphatic heterocycles. The van der Waals surface area contributed by atoms with Gasteiger partial charge in [-0.3, -0.25) is 9.69 Å². The first-order valence-corrected chi connectivity index (χ1v) is 12.7. The maximum Gasteiger partial charge on any atom is 0.240 e. The molecule has 0 saturated carbocycles. The minimum absolute atomic E-state index is 0.0659. The summed E-state index contributed by atoms with van der Waals surface area (Å²) < 4.78 is 28.3. The summed E-state index contributed by atoms with van der Waals surface area (Å²) in [6.07, 6.45) is 5.00. The number of carbonyl (C=O) groups excluding carboxylic acids is 1. The second-order valence-electron chi connectivity index (χ2n) is 8.42. The van der Waals surface area contributed by atoms with Crippen molar-refractivity contribution in [1.82, 2.24) is 9.62 Å². The van der Waals surface area contributed by atoms with Gasteiger partial charge in [0.05, 0.1) is 4.90 Å². The van der Waals surface area contributed by atoms with Crippen LogP contribution in [0.25, 0.3) is 0 Å². The predicted octanol–water partition coefficient (Wildman–Crippen LogP) is 3.45. The Morgan fingerprint density at radius 2 is 1.68 bits per heavy atom. The molecule has 2 aromatic carbocycles. The first-order chi connectivity index (χ1) is 15.0. The molecule has 31 heavy (non-hydrogen) atoms. The Kier molecular flexibility index (Phi) is 6.74. The van der Waals surface area contributed by atoms with Crippen LogP contribution in [0.2, 0.25) is 0 Å². The van der Waals surface area contributed by atoms with Crippen molar-refractivity contribution in [2.45, 2.75) is 57.0 Å². The molecule has 1 amide bonds. The normalized spacial score (nSPS) is 17.0. The molecule has 1 saturated heterocycles. The van der Waals surface area contributed by atoms with Gasteiger partial charge < -0.3 is 4.90 Å². The molecule has 0 aromatic heterocycles. The van der Waals surface area contributed by atoms with E-state index < -0.39 is 10.0 Å². The summed E-state index contributed by atoms with van der Waals surface area (Å²) in [5, 5.41) is 0. The van der Waals surface area contributed by atoms with Crippen LogP contribution in [-0.4, -0.2) is 38.9 Å². The summed E-state index contributed by atoms with van der Waals surface area (Å²) in [4.78, 5) is 16.5. The smallest absolute Gasteiger partial charge is 0.240 e. The minimum atomic E-state index is -3.62. The predicted molar refractivity (Wildman–Crippen MR) is 122 cm³/mol. The third-order valence-electron chi connectivity index (χ3n) is 6.20. The Morgan fingerprint density at radius 1 is 0.968 bits per heavy atom. The number of nitrogens with one attached hydrogen (secondary N) is 1. The van der Waals surface area contributed by atoms with Crippen LogP contribution < -0.4 is 9.62 Å². The van der Waals surface area contributed by atoms with Crippen molar-refractivity contribution in [3.05, 3.63) is 59.2 Å². The van der Waals surface area contributed by atoms with Gasteiger partial charge in [0.15, 0.2) is 0 Å². The van der Waals surface area contributed by atoms with E-state index in [2.05, 4.69) is 21.8 Å². The average molecular weight is 442 g/mol. The second-order valence-corrected chi connectivity index (χ2v) is 10.2. The van der Waals surface area contributed by atoms with Gasteiger partial charge in [0.2, 0.25) is 15.9 Å². The standard InChI is InChI=1S/C24H31N3O3S/c1-2-24(28)27-15-12-21-16-22(10-11-23(21)27)31(29,30)25-17-19-6-8-20(9-7-19)18-26-13-4-3-5-14-26/h6-11,16,25H,2-5,12-15,17-18H2,1H3. The molecule has 0 unspecified atom stereocenters. The van der Waals surface area contributed by atoms with Crippen molar-refractivity contribution >= 4 is 21.6 Å². The zero-order valence-electron chi connectivity index (χ0n) is 18.1. The van der Waals surface area contributed by atoms with Gasteiger partial charge in [-0.15, -0.1) is 0 Å². The number of rotatable bonds is 7. The van der Waals surface area contributed by atoms with Crippen LogP contribution in [0.3, 0.4) is 0 Å². The van der Waals surface area contributed by atoms with E-state index in [0.717, 1.165) is 36.4 Å². The molecule has 1 N–H and O–H groups in total. The zero-order chi connectivity index (χ0) is 21.8. The number of piperidine rings is 1. The van der Waals surface area contributed by atoms with Crippen LogP contribution in [0, 0.1) is 0 Å². The first-order valence-electron chi connectivity index (χ1n) is 11.2. The van der Waals surface area contributed by atoms with Crippen LogP contribution in [-0.2, 0) is 34.3 Å². The topological polar surface area (TPSA) is 69.7 Å². The van der Waals surface area contributed by atoms with Crippen LogP contribution in [0.5, 0.6) is 0 Å². The highest BCUT2D eigenvalue weighted by atomic mass is 32.2. The molecule has 0 spiro atoms. The molecule has 0 atom stereocenters. The molecule has 6 nitrogen and oxygen atoms in total. The lowest BCUT2D eigenvalue weighted by molar-refractivity contribution is -0.118. The highest BCUT2D eigenvalue weighted by Crippen LogP contribution is 2.30. The summed E-state index contributed by atoms with van der Waals surface area (Å²) >= 11 is 0. The van der Waals surface area contributed by atoms with E-state index in [-0.39, 0.29) is 17.3 Å². The third-order valence-corrected chi connectivity index (χ3v) is 7.60. The number of hydrogen-bond donors (Lipinski definition) is 1. The Hall–Kier alpha value is -2.22. The number of anilines is 1. The van der Waals surface area contributed by atoms with Crippen molar-refractivity contribution in [2.75, 3.05) is 24.5 Å². The number of hydrogen-bond acceptors (Lipinski definition) is 4. The van der Waals surface area contributed by atoms with Crippen LogP contribution in [0.1, 0.15) is 49.3 Å². The average Bonchev–Trinajstić information content (AvgIpc) is 3.22. The fraction of sp³-hybridized carbons (Fsp3) is 0.458. The number of likely N-dealkylation sites (tertiary alicyclic amines) is 1. The number of nitrogens with zero attached hydrogens (tertiary/aromatic N) is 2. The highest BCUT2D eigenvalue weighted by molar-refractivity contribution is 7.89. The number of amides is 1. The fourth-order valence-electron chi connectivity index (χ4n) is 4.40. The highest BCUT2D eigenvalue weighted by Gasteiger charge is 2.25. The van der Waals surface area contributed by atoms with Gasteiger partial charge in [-0.25, -0.2) is 13.1 Å². The third kappa shape index (κ3) is 5.17. The zero-order valence-corrected chi connectivity index (χ0v) is 19.0. The van der Waals surface area contributed by atoms with E-state index in [4.69, 9.17) is 0 Å². The van der Waals surface area contributed by atoms with Crippen molar-refractivity contribution in [3.63, 3.8) is 0 Å². The van der Waals surface area contributed by atoms with E-state index in [1.165, 1.54) is 24.8 Å². The van der Waals surface area contributed by atoms with E-state index in [1.54, 1.807) is 23.1 Å². The maximum absolute atomic E-state index is 12.8. The molecule has 2 heterocycles. The van der Waals surface area contributed by atoms with E-state index in [1.807, 2.05) is 19.1 Å². The molecule has 4 rings (SSSR count). The molecular weight excluding hydrogens is 410 g/mol. The lowest BCUT2D eigenvalue weighted by atomic mass is 10.1. The lowest BCUT2D eigenvalue weighted by Crippen LogP contribution is -2.29. The van der Waals surface area contributed by atoms with Gasteiger partial charge in [-0.05, 0) is 67.2 Å². The monoisotopic (exact) mass is 441 g/mol. The lowest BCUT2D eigenvalue weighted by Gasteiger charge is -2.26. The molecule has 7 heteroatoms. The number of carbonyl (C=O) groups is 1. The van der Waals surface area contributed by atoms with Gasteiger partial charge >= 0.3 is 0 Å². The van der Waals surface area contributed by atoms with Gasteiger partial charge in [0.25, 0.3) is 0 Å². The fourth-order valence-corrected chi connectivity index (χ4v) is 5.46. The van der Waals surface area contributed by atoms with Gasteiger partial charge in [-0.2, -0.15) is 0 Å². The minimum Gasteiger partial charge on any atom is -0.312 e. The van der Waals surface area contributed by atoms with Crippen molar-refractivity contribution in [3.8, 4) is 0 Å². The Bertz CT molecular complexity index is 1030. The SMILES string of the molecule is CCC(=O)N1CCc2cc(S(=O)(=O)NCc3ccc(CN4CCCCC4)cc3)ccc21. The summed E-state index contributed by atoms with van der Waals surface area (Å²) in [5.74, 6) is 0.0659.